The molecule has 0 atom stereocenters. The molecule has 2 aromatic heterocycles. The summed E-state index contributed by atoms with van der Waals surface area (Å²) in [6.45, 7) is 3.63. The molecule has 0 bridgehead atoms. The van der Waals surface area contributed by atoms with Crippen molar-refractivity contribution in [1.29, 1.82) is 0 Å². The van der Waals surface area contributed by atoms with Gasteiger partial charge in [-0.1, -0.05) is 11.6 Å². The molecule has 2 heterocycles. The van der Waals surface area contributed by atoms with Gasteiger partial charge in [0.05, 0.1) is 0 Å². The maximum atomic E-state index is 13.9. The summed E-state index contributed by atoms with van der Waals surface area (Å²) in [4.78, 5) is 11.4. The summed E-state index contributed by atoms with van der Waals surface area (Å²) in [6, 6.07) is 6.79. The van der Waals surface area contributed by atoms with Gasteiger partial charge in [0.25, 0.3) is 0 Å². The molecule has 1 fully saturated rings. The molecule has 4 nitrogen and oxygen atoms in total. The molecule has 29 heavy (non-hydrogen) atoms. The Morgan fingerprint density at radius 3 is 2.66 bits per heavy atom. The molecule has 0 unspecified atom stereocenters. The topological polar surface area (TPSA) is 50.8 Å². The molecule has 0 aliphatic heterocycles. The number of hydrogen-bond acceptors (Lipinski definition) is 3. The standard InChI is InChI=1S/C21H19ClF3N3O/c1-11-5-15(23)16(26-9-11)10-29-17-4-3-13(6-12(17)2)18-19(22)28-20(27-18)14-7-21(24,25)8-14/h3-6,9,14H,7-8,10H2,1-2H3,(H,27,28). The average molecular weight is 422 g/mol. The number of aromatic amines is 1. The maximum Gasteiger partial charge on any atom is 0.249 e. The first-order valence-electron chi connectivity index (χ1n) is 9.20. The van der Waals surface area contributed by atoms with Crippen LogP contribution in [0.1, 0.15) is 41.4 Å². The van der Waals surface area contributed by atoms with Gasteiger partial charge in [0.15, 0.2) is 0 Å². The van der Waals surface area contributed by atoms with E-state index < -0.39 is 11.7 Å². The Hall–Kier alpha value is -2.54. The Morgan fingerprint density at radius 1 is 1.24 bits per heavy atom. The minimum atomic E-state index is -2.62. The molecule has 1 N–H and O–H groups in total. The fraction of sp³-hybridized carbons (Fsp3) is 0.333. The van der Waals surface area contributed by atoms with E-state index in [9.17, 15) is 13.2 Å². The van der Waals surface area contributed by atoms with Crippen molar-refractivity contribution in [3.8, 4) is 17.0 Å². The highest BCUT2D eigenvalue weighted by atomic mass is 35.5. The number of hydrogen-bond donors (Lipinski definition) is 1. The maximum absolute atomic E-state index is 13.9. The zero-order chi connectivity index (χ0) is 20.8. The Kier molecular flexibility index (Phi) is 5.02. The summed E-state index contributed by atoms with van der Waals surface area (Å²) in [5.74, 6) is -2.27. The van der Waals surface area contributed by atoms with Gasteiger partial charge in [-0.25, -0.2) is 18.2 Å². The SMILES string of the molecule is Cc1cnc(COc2ccc(-c3nc(C4CC(F)(F)C4)[nH]c3Cl)cc2C)c(F)c1. The minimum Gasteiger partial charge on any atom is -0.487 e. The van der Waals surface area contributed by atoms with Crippen molar-refractivity contribution < 1.29 is 17.9 Å². The van der Waals surface area contributed by atoms with Crippen LogP contribution in [0, 0.1) is 19.7 Å². The molecule has 1 aliphatic carbocycles. The number of halogens is 4. The third-order valence-electron chi connectivity index (χ3n) is 5.02. The highest BCUT2D eigenvalue weighted by Gasteiger charge is 2.47. The van der Waals surface area contributed by atoms with Crippen LogP contribution in [-0.2, 0) is 6.61 Å². The van der Waals surface area contributed by atoms with Crippen LogP contribution in [0.5, 0.6) is 5.75 Å². The van der Waals surface area contributed by atoms with Crippen molar-refractivity contribution in [3.05, 3.63) is 64.1 Å². The van der Waals surface area contributed by atoms with E-state index in [1.807, 2.05) is 13.0 Å². The second kappa shape index (κ2) is 7.37. The van der Waals surface area contributed by atoms with E-state index in [0.717, 1.165) is 16.7 Å². The first-order chi connectivity index (χ1) is 13.7. The van der Waals surface area contributed by atoms with Crippen molar-refractivity contribution in [3.63, 3.8) is 0 Å². The summed E-state index contributed by atoms with van der Waals surface area (Å²) >= 11 is 6.25. The number of ether oxygens (including phenoxy) is 1. The van der Waals surface area contributed by atoms with E-state index in [1.165, 1.54) is 6.07 Å². The monoisotopic (exact) mass is 421 g/mol. The minimum absolute atomic E-state index is 0.00943. The molecule has 4 rings (SSSR count). The van der Waals surface area contributed by atoms with Gasteiger partial charge in [-0.15, -0.1) is 0 Å². The van der Waals surface area contributed by atoms with E-state index in [-0.39, 0.29) is 31.1 Å². The van der Waals surface area contributed by atoms with Crippen LogP contribution in [0.3, 0.4) is 0 Å². The summed E-state index contributed by atoms with van der Waals surface area (Å²) < 4.78 is 45.9. The summed E-state index contributed by atoms with van der Waals surface area (Å²) in [6.07, 6.45) is 1.16. The van der Waals surface area contributed by atoms with Crippen LogP contribution in [0.15, 0.2) is 30.5 Å². The number of nitrogens with one attached hydrogen (secondary N) is 1. The Balaban J connectivity index is 1.49. The van der Waals surface area contributed by atoms with Crippen LogP contribution in [0.4, 0.5) is 13.2 Å². The van der Waals surface area contributed by atoms with E-state index >= 15 is 0 Å². The largest absolute Gasteiger partial charge is 0.487 e. The summed E-state index contributed by atoms with van der Waals surface area (Å²) in [5, 5.41) is 0.314. The predicted octanol–water partition coefficient (Wildman–Crippen LogP) is 5.97. The number of H-pyrrole nitrogens is 1. The number of benzene rings is 1. The van der Waals surface area contributed by atoms with E-state index in [0.29, 0.717) is 22.4 Å². The van der Waals surface area contributed by atoms with E-state index in [1.54, 1.807) is 25.3 Å². The van der Waals surface area contributed by atoms with Gasteiger partial charge >= 0.3 is 0 Å². The lowest BCUT2D eigenvalue weighted by Crippen LogP contribution is -2.34. The lowest BCUT2D eigenvalue weighted by Gasteiger charge is -2.33. The molecule has 3 aromatic rings. The Bertz CT molecular complexity index is 1060. The van der Waals surface area contributed by atoms with E-state index in [4.69, 9.17) is 16.3 Å². The van der Waals surface area contributed by atoms with Crippen LogP contribution in [0.25, 0.3) is 11.3 Å². The first kappa shape index (κ1) is 19.8. The molecule has 152 valence electrons. The van der Waals surface area contributed by atoms with Gasteiger partial charge in [-0.3, -0.25) is 4.98 Å². The van der Waals surface area contributed by atoms with Crippen LogP contribution < -0.4 is 4.74 Å². The molecule has 1 aromatic carbocycles. The quantitative estimate of drug-likeness (QED) is 0.552. The zero-order valence-corrected chi connectivity index (χ0v) is 16.7. The summed E-state index contributed by atoms with van der Waals surface area (Å²) in [5.41, 5.74) is 3.04. The van der Waals surface area contributed by atoms with E-state index in [2.05, 4.69) is 15.0 Å². The molecule has 0 radical (unpaired) electrons. The van der Waals surface area contributed by atoms with Gasteiger partial charge in [0.2, 0.25) is 5.92 Å². The smallest absolute Gasteiger partial charge is 0.249 e. The van der Waals surface area contributed by atoms with Crippen molar-refractivity contribution in [2.24, 2.45) is 0 Å². The molecule has 1 saturated carbocycles. The molecular weight excluding hydrogens is 403 g/mol. The molecule has 0 saturated heterocycles. The van der Waals surface area contributed by atoms with Gasteiger partial charge < -0.3 is 9.72 Å². The Morgan fingerprint density at radius 2 is 2.00 bits per heavy atom. The third kappa shape index (κ3) is 4.10. The number of alkyl halides is 2. The lowest BCUT2D eigenvalue weighted by molar-refractivity contribution is -0.0883. The average Bonchev–Trinajstić information content (AvgIpc) is 3.01. The first-order valence-corrected chi connectivity index (χ1v) is 9.58. The highest BCUT2D eigenvalue weighted by molar-refractivity contribution is 6.31. The van der Waals surface area contributed by atoms with Crippen molar-refractivity contribution >= 4 is 11.6 Å². The normalized spacial score (nSPS) is 15.9. The van der Waals surface area contributed by atoms with Gasteiger partial charge in [-0.2, -0.15) is 0 Å². The molecule has 0 amide bonds. The molecule has 0 spiro atoms. The predicted molar refractivity (Wildman–Crippen MR) is 104 cm³/mol. The van der Waals surface area contributed by atoms with Crippen LogP contribution >= 0.6 is 11.6 Å². The number of imidazole rings is 1. The van der Waals surface area contributed by atoms with Crippen molar-refractivity contribution in [2.45, 2.75) is 45.1 Å². The third-order valence-corrected chi connectivity index (χ3v) is 5.30. The lowest BCUT2D eigenvalue weighted by atomic mass is 9.81. The van der Waals surface area contributed by atoms with Crippen molar-refractivity contribution in [1.82, 2.24) is 15.0 Å². The van der Waals surface area contributed by atoms with Gasteiger partial charge in [0, 0.05) is 30.5 Å². The second-order valence-corrected chi connectivity index (χ2v) is 7.83. The van der Waals surface area contributed by atoms with Crippen LogP contribution in [0.2, 0.25) is 5.15 Å². The van der Waals surface area contributed by atoms with Gasteiger partial charge in [-0.05, 0) is 49.2 Å². The molecular formula is C21H19ClF3N3O. The van der Waals surface area contributed by atoms with Crippen molar-refractivity contribution in [2.75, 3.05) is 0 Å². The zero-order valence-electron chi connectivity index (χ0n) is 15.9. The molecule has 1 aliphatic rings. The number of nitrogens with zero attached hydrogens (tertiary/aromatic N) is 2. The fourth-order valence-corrected chi connectivity index (χ4v) is 3.63. The fourth-order valence-electron chi connectivity index (χ4n) is 3.38. The number of rotatable bonds is 5. The summed E-state index contributed by atoms with van der Waals surface area (Å²) in [7, 11) is 0. The number of aryl methyl sites for hydroxylation is 2. The number of pyridine rings is 1. The number of aromatic nitrogens is 3. The molecule has 8 heteroatoms. The Labute approximate surface area is 171 Å². The highest BCUT2D eigenvalue weighted by Crippen LogP contribution is 2.48. The second-order valence-electron chi connectivity index (χ2n) is 7.46. The van der Waals surface area contributed by atoms with Gasteiger partial charge in [0.1, 0.15) is 40.5 Å². The van der Waals surface area contributed by atoms with Crippen LogP contribution in [-0.4, -0.2) is 20.9 Å².